The van der Waals surface area contributed by atoms with E-state index in [1.165, 1.54) is 0 Å². The molecule has 6 heteroatoms. The van der Waals surface area contributed by atoms with Crippen molar-refractivity contribution >= 4 is 27.0 Å². The number of sulfonamides is 1. The second-order valence-corrected chi connectivity index (χ2v) is 7.31. The Morgan fingerprint density at radius 2 is 1.95 bits per heavy atom. The first kappa shape index (κ1) is 16.0. The highest BCUT2D eigenvalue weighted by atomic mass is 32.2. The van der Waals surface area contributed by atoms with E-state index in [9.17, 15) is 8.42 Å². The molecule has 0 fully saturated rings. The van der Waals surface area contributed by atoms with E-state index < -0.39 is 10.0 Å². The molecule has 1 heterocycles. The normalized spacial score (nSPS) is 11.5. The summed E-state index contributed by atoms with van der Waals surface area (Å²) in [6, 6.07) is 6.99. The molecule has 114 valence electrons. The van der Waals surface area contributed by atoms with Gasteiger partial charge < -0.3 is 5.32 Å². The lowest BCUT2D eigenvalue weighted by Gasteiger charge is -2.12. The van der Waals surface area contributed by atoms with Crippen molar-refractivity contribution in [2.45, 2.75) is 31.7 Å². The first-order valence-corrected chi connectivity index (χ1v) is 9.31. The summed E-state index contributed by atoms with van der Waals surface area (Å²) in [6.07, 6.45) is 0.940. The zero-order valence-electron chi connectivity index (χ0n) is 12.2. The van der Waals surface area contributed by atoms with E-state index in [0.717, 1.165) is 24.1 Å². The number of para-hydroxylation sites is 1. The van der Waals surface area contributed by atoms with Crippen LogP contribution in [0.3, 0.4) is 0 Å². The number of hydrogen-bond acceptors (Lipinski definition) is 4. The van der Waals surface area contributed by atoms with Gasteiger partial charge in [-0.05, 0) is 47.4 Å². The molecule has 0 amide bonds. The Hall–Kier alpha value is -1.37. The summed E-state index contributed by atoms with van der Waals surface area (Å²) in [4.78, 5) is 0.298. The van der Waals surface area contributed by atoms with E-state index in [2.05, 4.69) is 10.0 Å². The summed E-state index contributed by atoms with van der Waals surface area (Å²) in [5.41, 5.74) is 2.77. The van der Waals surface area contributed by atoms with Crippen LogP contribution in [0.2, 0.25) is 0 Å². The second-order valence-electron chi connectivity index (χ2n) is 4.83. The molecule has 0 aliphatic rings. The molecule has 2 aromatic rings. The molecule has 4 nitrogen and oxygen atoms in total. The Bertz CT molecular complexity index is 693. The molecular formula is C15H20N2O2S2. The maximum Gasteiger partial charge on any atom is 0.242 e. The average Bonchev–Trinajstić information content (AvgIpc) is 2.89. The van der Waals surface area contributed by atoms with E-state index in [1.54, 1.807) is 29.5 Å². The monoisotopic (exact) mass is 324 g/mol. The third-order valence-electron chi connectivity index (χ3n) is 3.16. The summed E-state index contributed by atoms with van der Waals surface area (Å²) in [5.74, 6) is 0. The fourth-order valence-corrected chi connectivity index (χ4v) is 3.97. The summed E-state index contributed by atoms with van der Waals surface area (Å²) in [6.45, 7) is 5.09. The van der Waals surface area contributed by atoms with Crippen LogP contribution < -0.4 is 10.0 Å². The molecule has 0 spiro atoms. The maximum absolute atomic E-state index is 12.5. The van der Waals surface area contributed by atoms with E-state index in [-0.39, 0.29) is 0 Å². The minimum atomic E-state index is -3.52. The molecule has 0 radical (unpaired) electrons. The van der Waals surface area contributed by atoms with Crippen LogP contribution >= 0.6 is 11.3 Å². The summed E-state index contributed by atoms with van der Waals surface area (Å²) in [5, 5.41) is 7.14. The highest BCUT2D eigenvalue weighted by Crippen LogP contribution is 2.21. The molecule has 0 bridgehead atoms. The number of rotatable bonds is 7. The number of hydrogen-bond donors (Lipinski definition) is 2. The van der Waals surface area contributed by atoms with Gasteiger partial charge in [-0.25, -0.2) is 13.1 Å². The predicted octanol–water partition coefficient (Wildman–Crippen LogP) is 3.36. The SMILES string of the molecule is CCCNc1ccccc1S(=O)(=O)NCc1cscc1C. The zero-order chi connectivity index (χ0) is 15.3. The lowest BCUT2D eigenvalue weighted by molar-refractivity contribution is 0.581. The van der Waals surface area contributed by atoms with Crippen LogP contribution in [0, 0.1) is 6.92 Å². The maximum atomic E-state index is 12.5. The highest BCUT2D eigenvalue weighted by molar-refractivity contribution is 7.89. The van der Waals surface area contributed by atoms with Gasteiger partial charge in [0.2, 0.25) is 10.0 Å². The highest BCUT2D eigenvalue weighted by Gasteiger charge is 2.18. The quantitative estimate of drug-likeness (QED) is 0.821. The Morgan fingerprint density at radius 3 is 2.62 bits per heavy atom. The molecule has 0 aliphatic carbocycles. The lowest BCUT2D eigenvalue weighted by atomic mass is 10.2. The average molecular weight is 324 g/mol. The van der Waals surface area contributed by atoms with Crippen molar-refractivity contribution in [3.8, 4) is 0 Å². The molecular weight excluding hydrogens is 304 g/mol. The second kappa shape index (κ2) is 7.06. The molecule has 0 unspecified atom stereocenters. The standard InChI is InChI=1S/C15H20N2O2S2/c1-3-8-16-14-6-4-5-7-15(14)21(18,19)17-9-13-11-20-10-12(13)2/h4-7,10-11,16-17H,3,8-9H2,1-2H3. The van der Waals surface area contributed by atoms with E-state index in [0.29, 0.717) is 17.1 Å². The third kappa shape index (κ3) is 4.06. The van der Waals surface area contributed by atoms with E-state index in [1.807, 2.05) is 30.7 Å². The Balaban J connectivity index is 2.17. The van der Waals surface area contributed by atoms with Crippen LogP contribution in [0.4, 0.5) is 5.69 Å². The molecule has 0 aliphatic heterocycles. The van der Waals surface area contributed by atoms with Gasteiger partial charge in [0.05, 0.1) is 5.69 Å². The Morgan fingerprint density at radius 1 is 1.19 bits per heavy atom. The van der Waals surface area contributed by atoms with Gasteiger partial charge in [0.25, 0.3) is 0 Å². The third-order valence-corrected chi connectivity index (χ3v) is 5.53. The first-order valence-electron chi connectivity index (χ1n) is 6.89. The molecule has 0 saturated carbocycles. The number of thiophene rings is 1. The van der Waals surface area contributed by atoms with Crippen LogP contribution in [0.1, 0.15) is 24.5 Å². The zero-order valence-corrected chi connectivity index (χ0v) is 13.9. The summed E-state index contributed by atoms with van der Waals surface area (Å²) >= 11 is 1.58. The smallest absolute Gasteiger partial charge is 0.242 e. The number of aryl methyl sites for hydroxylation is 1. The van der Waals surface area contributed by atoms with Crippen molar-refractivity contribution in [2.24, 2.45) is 0 Å². The molecule has 1 aromatic heterocycles. The Labute approximate surface area is 130 Å². The molecule has 1 aromatic carbocycles. The van der Waals surface area contributed by atoms with Crippen molar-refractivity contribution in [3.05, 3.63) is 46.2 Å². The van der Waals surface area contributed by atoms with Crippen molar-refractivity contribution in [1.29, 1.82) is 0 Å². The van der Waals surface area contributed by atoms with Crippen LogP contribution in [0.25, 0.3) is 0 Å². The molecule has 2 rings (SSSR count). The van der Waals surface area contributed by atoms with Gasteiger partial charge in [0.15, 0.2) is 0 Å². The Kier molecular flexibility index (Phi) is 5.39. The van der Waals surface area contributed by atoms with Crippen molar-refractivity contribution < 1.29 is 8.42 Å². The van der Waals surface area contributed by atoms with Gasteiger partial charge in [-0.3, -0.25) is 0 Å². The van der Waals surface area contributed by atoms with Crippen LogP contribution in [0.5, 0.6) is 0 Å². The van der Waals surface area contributed by atoms with Gasteiger partial charge in [-0.2, -0.15) is 11.3 Å². The largest absolute Gasteiger partial charge is 0.384 e. The van der Waals surface area contributed by atoms with Gasteiger partial charge in [0, 0.05) is 13.1 Å². The van der Waals surface area contributed by atoms with E-state index >= 15 is 0 Å². The summed E-state index contributed by atoms with van der Waals surface area (Å²) < 4.78 is 27.6. The van der Waals surface area contributed by atoms with Crippen LogP contribution in [-0.2, 0) is 16.6 Å². The van der Waals surface area contributed by atoms with Crippen molar-refractivity contribution in [1.82, 2.24) is 4.72 Å². The predicted molar refractivity (Wildman–Crippen MR) is 88.3 cm³/mol. The minimum absolute atomic E-state index is 0.298. The minimum Gasteiger partial charge on any atom is -0.384 e. The number of nitrogens with one attached hydrogen (secondary N) is 2. The molecule has 0 atom stereocenters. The lowest BCUT2D eigenvalue weighted by Crippen LogP contribution is -2.24. The molecule has 2 N–H and O–H groups in total. The van der Waals surface area contributed by atoms with Crippen molar-refractivity contribution in [2.75, 3.05) is 11.9 Å². The van der Waals surface area contributed by atoms with Gasteiger partial charge in [-0.1, -0.05) is 19.1 Å². The number of anilines is 1. The van der Waals surface area contributed by atoms with Gasteiger partial charge >= 0.3 is 0 Å². The van der Waals surface area contributed by atoms with Gasteiger partial charge in [-0.15, -0.1) is 0 Å². The molecule has 21 heavy (non-hydrogen) atoms. The van der Waals surface area contributed by atoms with Crippen molar-refractivity contribution in [3.63, 3.8) is 0 Å². The summed E-state index contributed by atoms with van der Waals surface area (Å²) in [7, 11) is -3.52. The van der Waals surface area contributed by atoms with Crippen LogP contribution in [-0.4, -0.2) is 15.0 Å². The topological polar surface area (TPSA) is 58.2 Å². The van der Waals surface area contributed by atoms with Crippen LogP contribution in [0.15, 0.2) is 39.9 Å². The fraction of sp³-hybridized carbons (Fsp3) is 0.333. The van der Waals surface area contributed by atoms with Gasteiger partial charge in [0.1, 0.15) is 4.90 Å². The number of benzene rings is 1. The first-order chi connectivity index (χ1) is 10.0. The molecule has 0 saturated heterocycles. The fourth-order valence-electron chi connectivity index (χ4n) is 1.93. The van der Waals surface area contributed by atoms with E-state index in [4.69, 9.17) is 0 Å².